The van der Waals surface area contributed by atoms with Crippen LogP contribution in [0.25, 0.3) is 5.57 Å². The van der Waals surface area contributed by atoms with Crippen LogP contribution in [0.15, 0.2) is 53.1 Å². The molecule has 0 fully saturated rings. The molecule has 0 spiro atoms. The number of unbranched alkanes of at least 4 members (excludes halogenated alkanes) is 1. The smallest absolute Gasteiger partial charge is 0.273 e. The highest BCUT2D eigenvalue weighted by molar-refractivity contribution is 6.32. The summed E-state index contributed by atoms with van der Waals surface area (Å²) >= 11 is 0. The van der Waals surface area contributed by atoms with Gasteiger partial charge in [-0.05, 0) is 55.0 Å². The molecular weight excluding hydrogens is 402 g/mol. The van der Waals surface area contributed by atoms with Crippen LogP contribution in [0.4, 0.5) is 4.39 Å². The summed E-state index contributed by atoms with van der Waals surface area (Å²) in [6.45, 7) is 6.67. The van der Waals surface area contributed by atoms with Crippen molar-refractivity contribution in [3.63, 3.8) is 0 Å². The molecule has 4 nitrogen and oxygen atoms in total. The van der Waals surface area contributed by atoms with E-state index in [-0.39, 0.29) is 23.8 Å². The Hall–Kier alpha value is -3.15. The van der Waals surface area contributed by atoms with E-state index >= 15 is 0 Å². The van der Waals surface area contributed by atoms with Crippen LogP contribution in [0, 0.1) is 19.7 Å². The Labute approximate surface area is 190 Å². The van der Waals surface area contributed by atoms with Crippen molar-refractivity contribution in [2.45, 2.75) is 46.5 Å². The molecule has 0 atom stereocenters. The van der Waals surface area contributed by atoms with Gasteiger partial charge in [0.05, 0.1) is 0 Å². The average molecular weight is 432 g/mol. The second kappa shape index (κ2) is 10.9. The monoisotopic (exact) mass is 432 g/mol. The van der Waals surface area contributed by atoms with E-state index in [1.54, 1.807) is 18.2 Å². The lowest BCUT2D eigenvalue weighted by Crippen LogP contribution is -2.25. The molecular formula is C26H30BFN2O2. The molecule has 0 unspecified atom stereocenters. The molecule has 0 aliphatic heterocycles. The van der Waals surface area contributed by atoms with E-state index in [1.165, 1.54) is 28.2 Å². The first-order valence-electron chi connectivity index (χ1n) is 11.1. The minimum atomic E-state index is -0.296. The van der Waals surface area contributed by atoms with E-state index in [0.717, 1.165) is 24.8 Å². The van der Waals surface area contributed by atoms with Gasteiger partial charge in [0.1, 0.15) is 19.4 Å². The Morgan fingerprint density at radius 3 is 2.78 bits per heavy atom. The van der Waals surface area contributed by atoms with E-state index in [9.17, 15) is 9.18 Å². The SMILES string of the molecule is Bc1ccc(C)c(/C(=C\CCC)CCNC(=O)c2cc(Cc3cc(C)ccc3F)on2)c1. The normalized spacial score (nSPS) is 11.6. The van der Waals surface area contributed by atoms with Crippen molar-refractivity contribution < 1.29 is 13.7 Å². The standard InChI is InChI=1S/C26H30BFN2O2/c1-4-5-6-19(23-15-21(27)9-8-18(23)3)11-12-29-26(31)25-16-22(32-30-25)14-20-13-17(2)7-10-24(20)28/h6-10,13,15-16H,4-5,11-12,14,27H2,1-3H3,(H,29,31)/b19-6-. The maximum Gasteiger partial charge on any atom is 0.273 e. The van der Waals surface area contributed by atoms with E-state index < -0.39 is 0 Å². The first-order valence-corrected chi connectivity index (χ1v) is 11.1. The summed E-state index contributed by atoms with van der Waals surface area (Å²) in [5.41, 5.74) is 6.62. The van der Waals surface area contributed by atoms with Gasteiger partial charge in [0.25, 0.3) is 5.91 Å². The molecule has 32 heavy (non-hydrogen) atoms. The van der Waals surface area contributed by atoms with Crippen LogP contribution in [0.5, 0.6) is 0 Å². The highest BCUT2D eigenvalue weighted by atomic mass is 19.1. The number of hydrogen-bond acceptors (Lipinski definition) is 3. The fraction of sp³-hybridized carbons (Fsp3) is 0.308. The van der Waals surface area contributed by atoms with Gasteiger partial charge in [0, 0.05) is 19.0 Å². The summed E-state index contributed by atoms with van der Waals surface area (Å²) in [5, 5.41) is 6.80. The average Bonchev–Trinajstić information content (AvgIpc) is 3.23. The van der Waals surface area contributed by atoms with E-state index in [2.05, 4.69) is 56.4 Å². The molecule has 0 aliphatic rings. The molecule has 0 saturated carbocycles. The Morgan fingerprint density at radius 2 is 2.00 bits per heavy atom. The molecule has 0 bridgehead atoms. The molecule has 0 radical (unpaired) electrons. The van der Waals surface area contributed by atoms with Crippen LogP contribution in [-0.2, 0) is 6.42 Å². The van der Waals surface area contributed by atoms with Gasteiger partial charge in [-0.25, -0.2) is 4.39 Å². The lowest BCUT2D eigenvalue weighted by atomic mass is 9.88. The minimum absolute atomic E-state index is 0.207. The van der Waals surface area contributed by atoms with Crippen LogP contribution in [0.3, 0.4) is 0 Å². The fourth-order valence-corrected chi connectivity index (χ4v) is 3.68. The lowest BCUT2D eigenvalue weighted by molar-refractivity contribution is 0.0945. The summed E-state index contributed by atoms with van der Waals surface area (Å²) in [7, 11) is 2.09. The fourth-order valence-electron chi connectivity index (χ4n) is 3.68. The van der Waals surface area contributed by atoms with Crippen molar-refractivity contribution in [3.8, 4) is 0 Å². The topological polar surface area (TPSA) is 55.1 Å². The van der Waals surface area contributed by atoms with Crippen LogP contribution < -0.4 is 10.8 Å². The van der Waals surface area contributed by atoms with Crippen LogP contribution in [0.2, 0.25) is 0 Å². The number of carbonyl (C=O) groups is 1. The number of amides is 1. The summed E-state index contributed by atoms with van der Waals surface area (Å²) in [6, 6.07) is 13.0. The number of halogens is 1. The number of carbonyl (C=O) groups excluding carboxylic acids is 1. The number of aromatic nitrogens is 1. The third-order valence-corrected chi connectivity index (χ3v) is 5.46. The number of aryl methyl sites for hydroxylation is 2. The molecule has 0 aliphatic carbocycles. The number of rotatable bonds is 9. The molecule has 6 heteroatoms. The molecule has 166 valence electrons. The second-order valence-corrected chi connectivity index (χ2v) is 8.29. The maximum atomic E-state index is 14.0. The van der Waals surface area contributed by atoms with Gasteiger partial charge in [-0.2, -0.15) is 0 Å². The molecule has 3 rings (SSSR count). The largest absolute Gasteiger partial charge is 0.360 e. The summed E-state index contributed by atoms with van der Waals surface area (Å²) in [6.07, 6.45) is 5.32. The Balaban J connectivity index is 1.62. The van der Waals surface area contributed by atoms with Crippen LogP contribution in [0.1, 0.15) is 64.7 Å². The zero-order chi connectivity index (χ0) is 23.1. The molecule has 0 saturated heterocycles. The number of hydrogen-bond donors (Lipinski definition) is 1. The van der Waals surface area contributed by atoms with Gasteiger partial charge in [-0.15, -0.1) is 0 Å². The molecule has 1 amide bonds. The summed E-state index contributed by atoms with van der Waals surface area (Å²) < 4.78 is 19.3. The van der Waals surface area contributed by atoms with Crippen molar-refractivity contribution in [1.82, 2.24) is 10.5 Å². The van der Waals surface area contributed by atoms with Crippen molar-refractivity contribution in [2.75, 3.05) is 6.54 Å². The van der Waals surface area contributed by atoms with Crippen molar-refractivity contribution in [3.05, 3.63) is 88.1 Å². The number of nitrogens with one attached hydrogen (secondary N) is 1. The Kier molecular flexibility index (Phi) is 8.04. The van der Waals surface area contributed by atoms with E-state index in [1.807, 2.05) is 6.92 Å². The predicted molar refractivity (Wildman–Crippen MR) is 130 cm³/mol. The van der Waals surface area contributed by atoms with Crippen molar-refractivity contribution >= 4 is 24.8 Å². The molecule has 1 heterocycles. The first kappa shape index (κ1) is 23.5. The number of benzene rings is 2. The lowest BCUT2D eigenvalue weighted by Gasteiger charge is -2.13. The third kappa shape index (κ3) is 6.19. The number of allylic oxidation sites excluding steroid dienone is 1. The van der Waals surface area contributed by atoms with Crippen LogP contribution >= 0.6 is 0 Å². The van der Waals surface area contributed by atoms with Gasteiger partial charge in [-0.3, -0.25) is 4.79 Å². The molecule has 2 aromatic carbocycles. The summed E-state index contributed by atoms with van der Waals surface area (Å²) in [4.78, 5) is 12.6. The number of nitrogens with zero attached hydrogens (tertiary/aromatic N) is 1. The Bertz CT molecular complexity index is 1120. The van der Waals surface area contributed by atoms with Gasteiger partial charge in [-0.1, -0.05) is 65.9 Å². The third-order valence-electron chi connectivity index (χ3n) is 5.46. The maximum absolute atomic E-state index is 14.0. The predicted octanol–water partition coefficient (Wildman–Crippen LogP) is 4.28. The highest BCUT2D eigenvalue weighted by Gasteiger charge is 2.15. The summed E-state index contributed by atoms with van der Waals surface area (Å²) in [5.74, 6) is -0.130. The van der Waals surface area contributed by atoms with E-state index in [0.29, 0.717) is 17.9 Å². The zero-order valence-electron chi connectivity index (χ0n) is 19.3. The second-order valence-electron chi connectivity index (χ2n) is 8.29. The highest BCUT2D eigenvalue weighted by Crippen LogP contribution is 2.22. The van der Waals surface area contributed by atoms with Crippen LogP contribution in [-0.4, -0.2) is 25.5 Å². The molecule has 3 aromatic rings. The minimum Gasteiger partial charge on any atom is -0.360 e. The van der Waals surface area contributed by atoms with Crippen molar-refractivity contribution in [2.24, 2.45) is 0 Å². The quantitative estimate of drug-likeness (QED) is 0.514. The van der Waals surface area contributed by atoms with Gasteiger partial charge in [0.2, 0.25) is 0 Å². The Morgan fingerprint density at radius 1 is 1.19 bits per heavy atom. The van der Waals surface area contributed by atoms with Gasteiger partial charge in [0.15, 0.2) is 5.69 Å². The molecule has 1 aromatic heterocycles. The molecule has 1 N–H and O–H groups in total. The van der Waals surface area contributed by atoms with Crippen molar-refractivity contribution in [1.29, 1.82) is 0 Å². The van der Waals surface area contributed by atoms with Gasteiger partial charge >= 0.3 is 0 Å². The van der Waals surface area contributed by atoms with E-state index in [4.69, 9.17) is 4.52 Å². The zero-order valence-corrected chi connectivity index (χ0v) is 19.3. The van der Waals surface area contributed by atoms with Gasteiger partial charge < -0.3 is 9.84 Å². The first-order chi connectivity index (χ1) is 15.4.